The minimum Gasteiger partial charge on any atom is -0.0835 e. The lowest BCUT2D eigenvalue weighted by atomic mass is 9.79. The lowest BCUT2D eigenvalue weighted by molar-refractivity contribution is 0.888. The quantitative estimate of drug-likeness (QED) is 0.329. The van der Waals surface area contributed by atoms with Crippen LogP contribution in [0.3, 0.4) is 0 Å². The molecule has 4 rings (SSSR count). The maximum Gasteiger partial charge on any atom is 0.0443 e. The Hall–Kier alpha value is 0.1000. The summed E-state index contributed by atoms with van der Waals surface area (Å²) < 4.78 is 3.44. The molecule has 0 amide bonds. The molecule has 0 spiro atoms. The SMILES string of the molecule is BrC1=CC(Br)C2C=Cc3c(Br)cc(Br)c4ccc1c2c34. The molecule has 2 aliphatic rings. The monoisotopic (exact) mass is 516 g/mol. The zero-order chi connectivity index (χ0) is 14.0. The summed E-state index contributed by atoms with van der Waals surface area (Å²) >= 11 is 14.9. The number of hydrogen-bond acceptors (Lipinski definition) is 0. The molecule has 4 heteroatoms. The lowest BCUT2D eigenvalue weighted by Crippen LogP contribution is -2.17. The number of halogens is 4. The van der Waals surface area contributed by atoms with Crippen LogP contribution in [0.5, 0.6) is 0 Å². The summed E-state index contributed by atoms with van der Waals surface area (Å²) in [7, 11) is 0. The first-order chi connectivity index (χ1) is 9.58. The Bertz CT molecular complexity index is 817. The maximum atomic E-state index is 3.80. The van der Waals surface area contributed by atoms with Gasteiger partial charge in [0.05, 0.1) is 0 Å². The topological polar surface area (TPSA) is 0 Å². The van der Waals surface area contributed by atoms with Gasteiger partial charge in [0.25, 0.3) is 0 Å². The van der Waals surface area contributed by atoms with Gasteiger partial charge in [0.2, 0.25) is 0 Å². The van der Waals surface area contributed by atoms with Crippen molar-refractivity contribution in [1.82, 2.24) is 0 Å². The molecule has 0 nitrogen and oxygen atoms in total. The standard InChI is InChI=1S/C16H8Br4/c17-11-5-13(19)9-3-4-10-14(20)6-12(18)8-2-1-7(11)15(9)16(8)10/h1-7,11H. The molecule has 0 aliphatic heterocycles. The minimum absolute atomic E-state index is 0.331. The van der Waals surface area contributed by atoms with Crippen molar-refractivity contribution in [1.29, 1.82) is 0 Å². The van der Waals surface area contributed by atoms with Crippen molar-refractivity contribution in [3.63, 3.8) is 0 Å². The summed E-state index contributed by atoms with van der Waals surface area (Å²) in [5.74, 6) is 0.392. The Morgan fingerprint density at radius 2 is 1.80 bits per heavy atom. The van der Waals surface area contributed by atoms with E-state index in [9.17, 15) is 0 Å². The molecular formula is C16H8Br4. The Labute approximate surface area is 150 Å². The first-order valence-electron chi connectivity index (χ1n) is 6.22. The fourth-order valence-corrected chi connectivity index (χ4v) is 6.22. The molecule has 0 saturated heterocycles. The van der Waals surface area contributed by atoms with Crippen molar-refractivity contribution in [2.75, 3.05) is 0 Å². The molecule has 0 N–H and O–H groups in total. The van der Waals surface area contributed by atoms with E-state index in [1.807, 2.05) is 0 Å². The summed E-state index contributed by atoms with van der Waals surface area (Å²) in [4.78, 5) is 0.331. The summed E-state index contributed by atoms with van der Waals surface area (Å²) in [6.07, 6.45) is 6.78. The van der Waals surface area contributed by atoms with Gasteiger partial charge in [-0.25, -0.2) is 0 Å². The number of benzene rings is 2. The van der Waals surface area contributed by atoms with Crippen LogP contribution in [0.1, 0.15) is 22.6 Å². The molecule has 0 saturated carbocycles. The van der Waals surface area contributed by atoms with E-state index in [0.717, 1.165) is 8.95 Å². The molecule has 0 heterocycles. The summed E-state index contributed by atoms with van der Waals surface area (Å²) in [6, 6.07) is 6.55. The fraction of sp³-hybridized carbons (Fsp3) is 0.125. The Balaban J connectivity index is 2.24. The van der Waals surface area contributed by atoms with Crippen LogP contribution in [0.2, 0.25) is 0 Å². The Morgan fingerprint density at radius 1 is 1.00 bits per heavy atom. The maximum absolute atomic E-state index is 3.80. The smallest absolute Gasteiger partial charge is 0.0443 e. The number of allylic oxidation sites excluding steroid dienone is 2. The highest BCUT2D eigenvalue weighted by Crippen LogP contribution is 2.50. The number of alkyl halides is 1. The second-order valence-corrected chi connectivity index (χ2v) is 8.67. The Kier molecular flexibility index (Phi) is 3.30. The molecule has 0 aromatic heterocycles. The van der Waals surface area contributed by atoms with Crippen LogP contribution in [0.4, 0.5) is 0 Å². The predicted molar refractivity (Wildman–Crippen MR) is 101 cm³/mol. The van der Waals surface area contributed by atoms with Crippen LogP contribution < -0.4 is 0 Å². The van der Waals surface area contributed by atoms with Gasteiger partial charge >= 0.3 is 0 Å². The molecule has 2 unspecified atom stereocenters. The van der Waals surface area contributed by atoms with Gasteiger partial charge in [-0.2, -0.15) is 0 Å². The van der Waals surface area contributed by atoms with E-state index >= 15 is 0 Å². The van der Waals surface area contributed by atoms with E-state index in [0.29, 0.717) is 10.7 Å². The van der Waals surface area contributed by atoms with Crippen LogP contribution >= 0.6 is 63.7 Å². The van der Waals surface area contributed by atoms with Gasteiger partial charge in [-0.1, -0.05) is 94.1 Å². The van der Waals surface area contributed by atoms with Crippen molar-refractivity contribution < 1.29 is 0 Å². The fourth-order valence-electron chi connectivity index (χ4n) is 3.11. The highest BCUT2D eigenvalue weighted by Gasteiger charge is 2.31. The van der Waals surface area contributed by atoms with Crippen molar-refractivity contribution in [3.05, 3.63) is 56.0 Å². The van der Waals surface area contributed by atoms with Crippen molar-refractivity contribution in [2.24, 2.45) is 0 Å². The first kappa shape index (κ1) is 13.7. The molecule has 2 atom stereocenters. The summed E-state index contributed by atoms with van der Waals surface area (Å²) in [5, 5.41) is 2.63. The van der Waals surface area contributed by atoms with E-state index in [2.05, 4.69) is 100 Å². The largest absolute Gasteiger partial charge is 0.0835 e. The number of hydrogen-bond donors (Lipinski definition) is 0. The molecule has 0 fully saturated rings. The number of rotatable bonds is 0. The van der Waals surface area contributed by atoms with Crippen LogP contribution in [0, 0.1) is 0 Å². The van der Waals surface area contributed by atoms with Crippen LogP contribution in [0.15, 0.2) is 39.3 Å². The van der Waals surface area contributed by atoms with Crippen LogP contribution in [-0.2, 0) is 0 Å². The molecule has 100 valence electrons. The summed E-state index contributed by atoms with van der Waals surface area (Å²) in [5.41, 5.74) is 3.99. The zero-order valence-electron chi connectivity index (χ0n) is 10.1. The van der Waals surface area contributed by atoms with Gasteiger partial charge in [-0.15, -0.1) is 0 Å². The zero-order valence-corrected chi connectivity index (χ0v) is 16.5. The van der Waals surface area contributed by atoms with Gasteiger partial charge in [-0.3, -0.25) is 0 Å². The average Bonchev–Trinajstić information content (AvgIpc) is 2.42. The first-order valence-corrected chi connectivity index (χ1v) is 9.52. The highest BCUT2D eigenvalue weighted by molar-refractivity contribution is 9.15. The van der Waals surface area contributed by atoms with Crippen molar-refractivity contribution in [3.8, 4) is 0 Å². The average molecular weight is 520 g/mol. The van der Waals surface area contributed by atoms with E-state index in [1.54, 1.807) is 0 Å². The van der Waals surface area contributed by atoms with Gasteiger partial charge in [0.15, 0.2) is 0 Å². The third-order valence-electron chi connectivity index (χ3n) is 3.99. The molecule has 2 aliphatic carbocycles. The molecule has 20 heavy (non-hydrogen) atoms. The van der Waals surface area contributed by atoms with Gasteiger partial charge < -0.3 is 0 Å². The van der Waals surface area contributed by atoms with E-state index in [1.165, 1.54) is 31.9 Å². The molecule has 2 aromatic carbocycles. The molecule has 0 bridgehead atoms. The molecular weight excluding hydrogens is 512 g/mol. The van der Waals surface area contributed by atoms with Gasteiger partial charge in [-0.05, 0) is 33.5 Å². The molecule has 2 aromatic rings. The lowest BCUT2D eigenvalue weighted by Gasteiger charge is -2.31. The Morgan fingerprint density at radius 3 is 2.60 bits per heavy atom. The van der Waals surface area contributed by atoms with Crippen LogP contribution in [-0.4, -0.2) is 4.83 Å². The minimum atomic E-state index is 0.331. The normalized spacial score (nSPS) is 23.1. The van der Waals surface area contributed by atoms with Crippen molar-refractivity contribution >= 4 is 85.1 Å². The van der Waals surface area contributed by atoms with E-state index in [-0.39, 0.29) is 0 Å². The molecule has 0 radical (unpaired) electrons. The summed E-state index contributed by atoms with van der Waals surface area (Å²) in [6.45, 7) is 0. The van der Waals surface area contributed by atoms with Crippen molar-refractivity contribution in [2.45, 2.75) is 10.7 Å². The van der Waals surface area contributed by atoms with Crippen LogP contribution in [0.25, 0.3) is 21.3 Å². The third kappa shape index (κ3) is 1.81. The van der Waals surface area contributed by atoms with E-state index in [4.69, 9.17) is 0 Å². The van der Waals surface area contributed by atoms with Gasteiger partial charge in [0, 0.05) is 24.2 Å². The predicted octanol–water partition coefficient (Wildman–Crippen LogP) is 6.99. The van der Waals surface area contributed by atoms with E-state index < -0.39 is 0 Å². The van der Waals surface area contributed by atoms with Gasteiger partial charge in [0.1, 0.15) is 0 Å². The second-order valence-electron chi connectivity index (χ2n) is 5.05. The third-order valence-corrected chi connectivity index (χ3v) is 6.83. The highest BCUT2D eigenvalue weighted by atomic mass is 79.9. The second kappa shape index (κ2) is 4.80.